The third kappa shape index (κ3) is 3.05. The van der Waals surface area contributed by atoms with Crippen LogP contribution in [0.2, 0.25) is 0 Å². The van der Waals surface area contributed by atoms with Crippen LogP contribution in [0.1, 0.15) is 38.2 Å². The van der Waals surface area contributed by atoms with Crippen LogP contribution in [0.4, 0.5) is 5.69 Å². The quantitative estimate of drug-likeness (QED) is 0.922. The first kappa shape index (κ1) is 17.0. The third-order valence-electron chi connectivity index (χ3n) is 5.21. The molecule has 2 heterocycles. The van der Waals surface area contributed by atoms with E-state index in [0.29, 0.717) is 19.6 Å². The first-order valence-electron chi connectivity index (χ1n) is 8.83. The first-order valence-corrected chi connectivity index (χ1v) is 8.83. The minimum absolute atomic E-state index is 0.00718. The van der Waals surface area contributed by atoms with E-state index in [2.05, 4.69) is 0 Å². The second-order valence-corrected chi connectivity index (χ2v) is 7.14. The Morgan fingerprint density at radius 3 is 2.50 bits per heavy atom. The molecule has 1 unspecified atom stereocenters. The molecule has 1 atom stereocenters. The molecule has 0 radical (unpaired) electrons. The lowest BCUT2D eigenvalue weighted by Crippen LogP contribution is -2.45. The van der Waals surface area contributed by atoms with Gasteiger partial charge >= 0.3 is 0 Å². The van der Waals surface area contributed by atoms with E-state index in [9.17, 15) is 14.7 Å². The van der Waals surface area contributed by atoms with Gasteiger partial charge < -0.3 is 14.9 Å². The Morgan fingerprint density at radius 1 is 1.21 bits per heavy atom. The lowest BCUT2D eigenvalue weighted by atomic mass is 9.94. The number of para-hydroxylation sites is 1. The van der Waals surface area contributed by atoms with E-state index < -0.39 is 0 Å². The number of rotatable bonds is 3. The van der Waals surface area contributed by atoms with Gasteiger partial charge in [-0.2, -0.15) is 0 Å². The number of carbonyl (C=O) groups excluding carboxylic acids is 2. The molecule has 1 aromatic carbocycles. The summed E-state index contributed by atoms with van der Waals surface area (Å²) in [7, 11) is 0. The van der Waals surface area contributed by atoms with Crippen molar-refractivity contribution in [3.8, 4) is 0 Å². The van der Waals surface area contributed by atoms with Gasteiger partial charge in [-0.15, -0.1) is 0 Å². The standard InChI is InChI=1S/C19H26N2O3/c1-13(2)18(23)20-9-7-14(8-10-20)19(24)21-11-15(12-22)16-5-3-4-6-17(16)21/h3-6,13-15,22H,7-12H2,1-2H3. The van der Waals surface area contributed by atoms with E-state index in [0.717, 1.165) is 24.1 Å². The molecule has 1 fully saturated rings. The zero-order chi connectivity index (χ0) is 17.3. The molecule has 130 valence electrons. The van der Waals surface area contributed by atoms with Gasteiger partial charge in [0, 0.05) is 43.1 Å². The highest BCUT2D eigenvalue weighted by Gasteiger charge is 2.36. The summed E-state index contributed by atoms with van der Waals surface area (Å²) in [6.45, 7) is 5.76. The molecule has 0 aliphatic carbocycles. The van der Waals surface area contributed by atoms with Crippen molar-refractivity contribution >= 4 is 17.5 Å². The second-order valence-electron chi connectivity index (χ2n) is 7.14. The molecule has 2 amide bonds. The molecule has 1 aromatic rings. The lowest BCUT2D eigenvalue weighted by Gasteiger charge is -2.34. The zero-order valence-electron chi connectivity index (χ0n) is 14.4. The number of nitrogens with zero attached hydrogens (tertiary/aromatic N) is 2. The van der Waals surface area contributed by atoms with Crippen LogP contribution in [0.25, 0.3) is 0 Å². The Balaban J connectivity index is 1.67. The molecule has 1 N–H and O–H groups in total. The minimum Gasteiger partial charge on any atom is -0.396 e. The van der Waals surface area contributed by atoms with E-state index in [1.54, 1.807) is 0 Å². The van der Waals surface area contributed by atoms with E-state index in [1.165, 1.54) is 0 Å². The van der Waals surface area contributed by atoms with Gasteiger partial charge in [0.15, 0.2) is 0 Å². The normalized spacial score (nSPS) is 21.2. The molecular weight excluding hydrogens is 304 g/mol. The topological polar surface area (TPSA) is 60.9 Å². The molecule has 5 heteroatoms. The van der Waals surface area contributed by atoms with Gasteiger partial charge in [-0.05, 0) is 24.5 Å². The number of fused-ring (bicyclic) bond motifs is 1. The van der Waals surface area contributed by atoms with E-state index in [-0.39, 0.29) is 36.2 Å². The smallest absolute Gasteiger partial charge is 0.230 e. The summed E-state index contributed by atoms with van der Waals surface area (Å²) >= 11 is 0. The summed E-state index contributed by atoms with van der Waals surface area (Å²) in [5.41, 5.74) is 1.99. The fourth-order valence-electron chi connectivity index (χ4n) is 3.79. The maximum atomic E-state index is 13.0. The van der Waals surface area contributed by atoms with Gasteiger partial charge in [0.25, 0.3) is 0 Å². The van der Waals surface area contributed by atoms with Crippen molar-refractivity contribution in [2.24, 2.45) is 11.8 Å². The van der Waals surface area contributed by atoms with Crippen molar-refractivity contribution in [1.29, 1.82) is 0 Å². The Bertz CT molecular complexity index is 621. The summed E-state index contributed by atoms with van der Waals surface area (Å²) in [5, 5.41) is 9.59. The molecule has 0 saturated carbocycles. The van der Waals surface area contributed by atoms with Crippen molar-refractivity contribution < 1.29 is 14.7 Å². The SMILES string of the molecule is CC(C)C(=O)N1CCC(C(=O)N2CC(CO)c3ccccc32)CC1. The number of aliphatic hydroxyl groups excluding tert-OH is 1. The Hall–Kier alpha value is -1.88. The fourth-order valence-corrected chi connectivity index (χ4v) is 3.79. The molecular formula is C19H26N2O3. The summed E-state index contributed by atoms with van der Waals surface area (Å²) in [6, 6.07) is 7.84. The number of benzene rings is 1. The van der Waals surface area contributed by atoms with Crippen molar-refractivity contribution in [3.63, 3.8) is 0 Å². The second kappa shape index (κ2) is 6.93. The molecule has 0 bridgehead atoms. The van der Waals surface area contributed by atoms with E-state index >= 15 is 0 Å². The average molecular weight is 330 g/mol. The van der Waals surface area contributed by atoms with Crippen LogP contribution in [0.5, 0.6) is 0 Å². The number of amides is 2. The molecule has 1 saturated heterocycles. The predicted octanol–water partition coefficient (Wildman–Crippen LogP) is 2.00. The Morgan fingerprint density at radius 2 is 1.88 bits per heavy atom. The number of piperidine rings is 1. The van der Waals surface area contributed by atoms with E-state index in [4.69, 9.17) is 0 Å². The highest BCUT2D eigenvalue weighted by Crippen LogP contribution is 2.37. The van der Waals surface area contributed by atoms with Gasteiger partial charge in [0.1, 0.15) is 0 Å². The molecule has 3 rings (SSSR count). The fraction of sp³-hybridized carbons (Fsp3) is 0.579. The van der Waals surface area contributed by atoms with Crippen LogP contribution in [-0.2, 0) is 9.59 Å². The third-order valence-corrected chi connectivity index (χ3v) is 5.21. The highest BCUT2D eigenvalue weighted by atomic mass is 16.3. The molecule has 5 nitrogen and oxygen atoms in total. The molecule has 24 heavy (non-hydrogen) atoms. The summed E-state index contributed by atoms with van der Waals surface area (Å²) < 4.78 is 0. The summed E-state index contributed by atoms with van der Waals surface area (Å²) in [5.74, 6) is 0.287. The van der Waals surface area contributed by atoms with Gasteiger partial charge in [0.2, 0.25) is 11.8 Å². The summed E-state index contributed by atoms with van der Waals surface area (Å²) in [4.78, 5) is 28.8. The highest BCUT2D eigenvalue weighted by molar-refractivity contribution is 5.97. The molecule has 0 spiro atoms. The Kier molecular flexibility index (Phi) is 4.90. The maximum Gasteiger partial charge on any atom is 0.230 e. The summed E-state index contributed by atoms with van der Waals surface area (Å²) in [6.07, 6.45) is 1.44. The Labute approximate surface area is 143 Å². The van der Waals surface area contributed by atoms with Crippen LogP contribution >= 0.6 is 0 Å². The largest absolute Gasteiger partial charge is 0.396 e. The van der Waals surface area contributed by atoms with Gasteiger partial charge in [-0.25, -0.2) is 0 Å². The van der Waals surface area contributed by atoms with Crippen molar-refractivity contribution in [2.45, 2.75) is 32.6 Å². The minimum atomic E-state index is -0.0355. The van der Waals surface area contributed by atoms with Crippen LogP contribution < -0.4 is 4.90 Å². The van der Waals surface area contributed by atoms with Crippen molar-refractivity contribution in [1.82, 2.24) is 4.90 Å². The van der Waals surface area contributed by atoms with Crippen LogP contribution in [0.15, 0.2) is 24.3 Å². The molecule has 2 aliphatic rings. The van der Waals surface area contributed by atoms with Crippen LogP contribution in [0, 0.1) is 11.8 Å². The van der Waals surface area contributed by atoms with Crippen LogP contribution in [0.3, 0.4) is 0 Å². The number of hydrogen-bond acceptors (Lipinski definition) is 3. The van der Waals surface area contributed by atoms with Crippen molar-refractivity contribution in [2.75, 3.05) is 31.1 Å². The monoisotopic (exact) mass is 330 g/mol. The van der Waals surface area contributed by atoms with E-state index in [1.807, 2.05) is 47.9 Å². The predicted molar refractivity (Wildman–Crippen MR) is 92.8 cm³/mol. The first-order chi connectivity index (χ1) is 11.5. The van der Waals surface area contributed by atoms with Crippen molar-refractivity contribution in [3.05, 3.63) is 29.8 Å². The number of carbonyl (C=O) groups is 2. The molecule has 0 aromatic heterocycles. The van der Waals surface area contributed by atoms with Crippen LogP contribution in [-0.4, -0.2) is 48.1 Å². The number of hydrogen-bond donors (Lipinski definition) is 1. The zero-order valence-corrected chi connectivity index (χ0v) is 14.4. The number of likely N-dealkylation sites (tertiary alicyclic amines) is 1. The van der Waals surface area contributed by atoms with Gasteiger partial charge in [-0.1, -0.05) is 32.0 Å². The average Bonchev–Trinajstić information content (AvgIpc) is 2.99. The maximum absolute atomic E-state index is 13.0. The van der Waals surface area contributed by atoms with Gasteiger partial charge in [0.05, 0.1) is 6.61 Å². The number of anilines is 1. The molecule has 2 aliphatic heterocycles. The van der Waals surface area contributed by atoms with Gasteiger partial charge in [-0.3, -0.25) is 9.59 Å². The lowest BCUT2D eigenvalue weighted by molar-refractivity contribution is -0.137. The number of aliphatic hydroxyl groups is 1.